The lowest BCUT2D eigenvalue weighted by atomic mass is 10.1. The molecular formula is C36H37F3N5O4+. The Labute approximate surface area is 276 Å². The van der Waals surface area contributed by atoms with Crippen molar-refractivity contribution < 1.29 is 32.6 Å². The number of aromatic nitrogens is 1. The predicted molar refractivity (Wildman–Crippen MR) is 180 cm³/mol. The zero-order valence-corrected chi connectivity index (χ0v) is 26.7. The summed E-state index contributed by atoms with van der Waals surface area (Å²) < 4.78 is 40.7. The molecule has 5 N–H and O–H groups in total. The van der Waals surface area contributed by atoms with Gasteiger partial charge in [0.1, 0.15) is 29.6 Å². The van der Waals surface area contributed by atoms with Gasteiger partial charge in [0.2, 0.25) is 0 Å². The number of carboxylic acid groups (broad SMARTS) is 1. The lowest BCUT2D eigenvalue weighted by Gasteiger charge is -2.23. The summed E-state index contributed by atoms with van der Waals surface area (Å²) in [6, 6.07) is 33.6. The largest absolute Gasteiger partial charge is 0.490 e. The number of quaternary nitrogens is 1. The summed E-state index contributed by atoms with van der Waals surface area (Å²) in [5, 5.41) is 18.9. The first kappa shape index (κ1) is 35.2. The van der Waals surface area contributed by atoms with E-state index in [1.54, 1.807) is 0 Å². The number of nitrogens with one attached hydrogen (secondary N) is 2. The molecule has 1 amide bonds. The second-order valence-corrected chi connectivity index (χ2v) is 11.9. The van der Waals surface area contributed by atoms with Crippen molar-refractivity contribution in [1.82, 2.24) is 14.4 Å². The lowest BCUT2D eigenvalue weighted by molar-refractivity contribution is -0.192. The van der Waals surface area contributed by atoms with Crippen LogP contribution in [0.25, 0.3) is 10.9 Å². The normalized spacial score (nSPS) is 11.4. The third-order valence-corrected chi connectivity index (χ3v) is 7.36. The summed E-state index contributed by atoms with van der Waals surface area (Å²) in [4.78, 5) is 22.6. The summed E-state index contributed by atoms with van der Waals surface area (Å²) >= 11 is 0. The molecule has 12 heteroatoms. The molecule has 0 radical (unpaired) electrons. The molecule has 0 aliphatic rings. The number of carboxylic acids is 1. The van der Waals surface area contributed by atoms with Crippen LogP contribution in [0.4, 0.5) is 18.9 Å². The van der Waals surface area contributed by atoms with Gasteiger partial charge >= 0.3 is 12.1 Å². The fourth-order valence-corrected chi connectivity index (χ4v) is 4.83. The maximum absolute atomic E-state index is 13.7. The van der Waals surface area contributed by atoms with Crippen molar-refractivity contribution in [3.8, 4) is 5.75 Å². The zero-order chi connectivity index (χ0) is 35.1. The van der Waals surface area contributed by atoms with E-state index in [9.17, 15) is 18.0 Å². The number of hydrogen-bond donors (Lipinski definition) is 4. The van der Waals surface area contributed by atoms with E-state index >= 15 is 0 Å². The molecule has 5 rings (SSSR count). The smallest absolute Gasteiger partial charge is 0.488 e. The van der Waals surface area contributed by atoms with Gasteiger partial charge in [0.05, 0.1) is 26.7 Å². The number of aliphatic carboxylic acids is 1. The fraction of sp³-hybridized carbons (Fsp3) is 0.194. The SMILES string of the molecule is C[N+](C)(C)c1ccc(CNC(=O)c2cc3c(OCc4ccccc4)cccc3n2Cc2cccc(C(=N)N)c2)cc1.O=C(O)C(F)(F)F. The average molecular weight is 661 g/mol. The monoisotopic (exact) mass is 660 g/mol. The molecule has 1 aromatic heterocycles. The molecule has 9 nitrogen and oxygen atoms in total. The maximum Gasteiger partial charge on any atom is 0.490 e. The number of halogens is 3. The molecular weight excluding hydrogens is 623 g/mol. The van der Waals surface area contributed by atoms with Gasteiger partial charge in [0.15, 0.2) is 0 Å². The maximum atomic E-state index is 13.7. The highest BCUT2D eigenvalue weighted by Gasteiger charge is 2.38. The molecule has 0 aliphatic heterocycles. The van der Waals surface area contributed by atoms with Crippen LogP contribution < -0.4 is 20.3 Å². The Morgan fingerprint density at radius 3 is 2.10 bits per heavy atom. The summed E-state index contributed by atoms with van der Waals surface area (Å²) in [5.41, 5.74) is 12.0. The van der Waals surface area contributed by atoms with Crippen LogP contribution in [0.1, 0.15) is 32.7 Å². The van der Waals surface area contributed by atoms with Crippen molar-refractivity contribution in [1.29, 1.82) is 5.41 Å². The average Bonchev–Trinajstić information content (AvgIpc) is 3.41. The van der Waals surface area contributed by atoms with Gasteiger partial charge in [-0.15, -0.1) is 0 Å². The van der Waals surface area contributed by atoms with Gasteiger partial charge in [-0.3, -0.25) is 14.7 Å². The van der Waals surface area contributed by atoms with Gasteiger partial charge in [-0.1, -0.05) is 66.7 Å². The molecule has 0 fully saturated rings. The summed E-state index contributed by atoms with van der Waals surface area (Å²) in [6.45, 7) is 1.28. The van der Waals surface area contributed by atoms with E-state index < -0.39 is 12.1 Å². The molecule has 4 aromatic carbocycles. The minimum atomic E-state index is -5.08. The van der Waals surface area contributed by atoms with E-state index in [1.165, 1.54) is 5.69 Å². The molecule has 1 heterocycles. The molecule has 0 atom stereocenters. The molecule has 48 heavy (non-hydrogen) atoms. The molecule has 0 spiro atoms. The second-order valence-electron chi connectivity index (χ2n) is 11.9. The Morgan fingerprint density at radius 1 is 0.875 bits per heavy atom. The van der Waals surface area contributed by atoms with E-state index in [-0.39, 0.29) is 11.7 Å². The molecule has 0 unspecified atom stereocenters. The van der Waals surface area contributed by atoms with Crippen LogP contribution in [-0.2, 0) is 24.5 Å². The number of hydrogen-bond acceptors (Lipinski definition) is 4. The van der Waals surface area contributed by atoms with Crippen molar-refractivity contribution in [2.75, 3.05) is 21.1 Å². The van der Waals surface area contributed by atoms with Gasteiger partial charge in [-0.2, -0.15) is 13.2 Å². The van der Waals surface area contributed by atoms with Crippen molar-refractivity contribution in [3.05, 3.63) is 131 Å². The Balaban J connectivity index is 0.000000671. The third-order valence-electron chi connectivity index (χ3n) is 7.36. The zero-order valence-electron chi connectivity index (χ0n) is 26.7. The predicted octanol–water partition coefficient (Wildman–Crippen LogP) is 6.31. The van der Waals surface area contributed by atoms with Crippen molar-refractivity contribution >= 4 is 34.3 Å². The number of nitrogens with zero attached hydrogens (tertiary/aromatic N) is 2. The van der Waals surface area contributed by atoms with E-state index in [2.05, 4.69) is 50.7 Å². The van der Waals surface area contributed by atoms with E-state index in [4.69, 9.17) is 25.8 Å². The quantitative estimate of drug-likeness (QED) is 0.0793. The minimum Gasteiger partial charge on any atom is -0.488 e. The van der Waals surface area contributed by atoms with E-state index in [1.807, 2.05) is 83.4 Å². The van der Waals surface area contributed by atoms with Crippen LogP contribution in [0.5, 0.6) is 5.75 Å². The summed E-state index contributed by atoms with van der Waals surface area (Å²) in [7, 11) is 6.37. The molecule has 0 bridgehead atoms. The highest BCUT2D eigenvalue weighted by Crippen LogP contribution is 2.31. The molecule has 0 saturated heterocycles. The number of ether oxygens (including phenoxy) is 1. The van der Waals surface area contributed by atoms with Gasteiger partial charge < -0.3 is 25.5 Å². The number of amides is 1. The fourth-order valence-electron chi connectivity index (χ4n) is 4.83. The highest BCUT2D eigenvalue weighted by molar-refractivity contribution is 6.00. The molecule has 0 aliphatic carbocycles. The Hall–Kier alpha value is -5.62. The van der Waals surface area contributed by atoms with Crippen LogP contribution in [0.3, 0.4) is 0 Å². The molecule has 0 saturated carbocycles. The summed E-state index contributed by atoms with van der Waals surface area (Å²) in [5.74, 6) is -2.20. The Kier molecular flexibility index (Phi) is 10.9. The van der Waals surface area contributed by atoms with Crippen molar-refractivity contribution in [2.45, 2.75) is 25.9 Å². The topological polar surface area (TPSA) is 130 Å². The van der Waals surface area contributed by atoms with Crippen LogP contribution in [0, 0.1) is 5.41 Å². The number of carbonyl (C=O) groups is 2. The number of rotatable bonds is 10. The number of fused-ring (bicyclic) bond motifs is 1. The second kappa shape index (κ2) is 14.9. The standard InChI is InChI=1S/C34H35N5O2.C2HF3O2/c1-39(2,3)28-17-15-24(16-18-28)21-37-34(40)31-20-29-30(38(31)22-26-11-7-12-27(19-26)33(35)36)13-8-14-32(29)41-23-25-9-5-4-6-10-25;3-2(4,5)1(6)7/h4-20H,21-23H2,1-3H3,(H3-,35,36,37,40);(H,6,7)/p+1. The van der Waals surface area contributed by atoms with Gasteiger partial charge in [-0.05, 0) is 53.1 Å². The first-order valence-corrected chi connectivity index (χ1v) is 14.8. The van der Waals surface area contributed by atoms with E-state index in [0.717, 1.165) is 32.1 Å². The van der Waals surface area contributed by atoms with Gasteiger partial charge in [0, 0.05) is 24.0 Å². The number of carbonyl (C=O) groups excluding carboxylic acids is 1. The van der Waals surface area contributed by atoms with Crippen molar-refractivity contribution in [2.24, 2.45) is 5.73 Å². The first-order valence-electron chi connectivity index (χ1n) is 14.8. The summed E-state index contributed by atoms with van der Waals surface area (Å²) in [6.07, 6.45) is -5.08. The van der Waals surface area contributed by atoms with Crippen LogP contribution in [-0.4, -0.2) is 54.7 Å². The Morgan fingerprint density at radius 2 is 1.50 bits per heavy atom. The van der Waals surface area contributed by atoms with Crippen LogP contribution in [0.15, 0.2) is 103 Å². The number of nitrogen functional groups attached to an aromatic ring is 1. The number of amidine groups is 1. The number of benzene rings is 4. The van der Waals surface area contributed by atoms with Gasteiger partial charge in [0.25, 0.3) is 5.91 Å². The first-order chi connectivity index (χ1) is 22.6. The third kappa shape index (κ3) is 9.23. The van der Waals surface area contributed by atoms with Gasteiger partial charge in [-0.25, -0.2) is 4.79 Å². The van der Waals surface area contributed by atoms with Crippen LogP contribution >= 0.6 is 0 Å². The lowest BCUT2D eigenvalue weighted by Crippen LogP contribution is -2.34. The van der Waals surface area contributed by atoms with Crippen molar-refractivity contribution in [3.63, 3.8) is 0 Å². The Bertz CT molecular complexity index is 1900. The van der Waals surface area contributed by atoms with Crippen LogP contribution in [0.2, 0.25) is 0 Å². The number of nitrogens with two attached hydrogens (primary N) is 1. The molecule has 250 valence electrons. The molecule has 5 aromatic rings. The highest BCUT2D eigenvalue weighted by atomic mass is 19.4. The minimum absolute atomic E-state index is 0.00931. The number of alkyl halides is 3. The van der Waals surface area contributed by atoms with E-state index in [0.29, 0.717) is 36.7 Å².